The van der Waals surface area contributed by atoms with E-state index >= 15 is 0 Å². The molecule has 148 valence electrons. The summed E-state index contributed by atoms with van der Waals surface area (Å²) in [6, 6.07) is 12.8. The van der Waals surface area contributed by atoms with Gasteiger partial charge in [-0.15, -0.1) is 0 Å². The molecule has 0 aromatic heterocycles. The minimum absolute atomic E-state index is 0.134. The van der Waals surface area contributed by atoms with Crippen LogP contribution in [0.1, 0.15) is 53.2 Å². The first-order valence-corrected chi connectivity index (χ1v) is 9.54. The van der Waals surface area contributed by atoms with Crippen LogP contribution >= 0.6 is 0 Å². The molecule has 1 aliphatic rings. The van der Waals surface area contributed by atoms with E-state index in [1.807, 2.05) is 0 Å². The van der Waals surface area contributed by atoms with Gasteiger partial charge in [0.25, 0.3) is 0 Å². The van der Waals surface area contributed by atoms with Crippen LogP contribution in [0.25, 0.3) is 0 Å². The summed E-state index contributed by atoms with van der Waals surface area (Å²) in [6.07, 6.45) is 4.41. The van der Waals surface area contributed by atoms with Crippen LogP contribution in [0.5, 0.6) is 0 Å². The molecule has 2 N–H and O–H groups in total. The highest BCUT2D eigenvalue weighted by atomic mass is 19.1. The van der Waals surface area contributed by atoms with Crippen LogP contribution in [0.2, 0.25) is 0 Å². The Hall–Kier alpha value is -2.89. The van der Waals surface area contributed by atoms with Gasteiger partial charge in [0.2, 0.25) is 0 Å². The van der Waals surface area contributed by atoms with Gasteiger partial charge in [0.05, 0.1) is 18.7 Å². The van der Waals surface area contributed by atoms with Crippen LogP contribution < -0.4 is 10.6 Å². The molecule has 1 fully saturated rings. The monoisotopic (exact) mass is 384 g/mol. The summed E-state index contributed by atoms with van der Waals surface area (Å²) in [5.74, 6) is -0.319. The summed E-state index contributed by atoms with van der Waals surface area (Å²) < 4.78 is 17.9. The predicted molar refractivity (Wildman–Crippen MR) is 104 cm³/mol. The number of carbonyl (C=O) groups excluding carboxylic acids is 2. The average Bonchev–Trinajstić information content (AvgIpc) is 3.25. The first-order valence-electron chi connectivity index (χ1n) is 9.54. The summed E-state index contributed by atoms with van der Waals surface area (Å²) >= 11 is 0. The number of esters is 1. The molecular formula is C22H25FN2O3. The summed E-state index contributed by atoms with van der Waals surface area (Å²) in [4.78, 5) is 23.9. The summed E-state index contributed by atoms with van der Waals surface area (Å²) in [6.45, 7) is 0.341. The van der Waals surface area contributed by atoms with Crippen LogP contribution in [-0.4, -0.2) is 19.1 Å². The molecule has 2 aromatic carbocycles. The number of rotatable bonds is 6. The third-order valence-electron chi connectivity index (χ3n) is 5.22. The van der Waals surface area contributed by atoms with Crippen molar-refractivity contribution in [3.63, 3.8) is 0 Å². The molecule has 0 radical (unpaired) electrons. The molecule has 5 nitrogen and oxygen atoms in total. The van der Waals surface area contributed by atoms with Crippen molar-refractivity contribution in [2.75, 3.05) is 7.11 Å². The third-order valence-corrected chi connectivity index (χ3v) is 5.22. The molecular weight excluding hydrogens is 359 g/mol. The number of nitrogens with one attached hydrogen (secondary N) is 2. The summed E-state index contributed by atoms with van der Waals surface area (Å²) in [5, 5.41) is 5.91. The molecule has 1 atom stereocenters. The standard InChI is InChI=1S/C22H25FN2O3/c1-28-21(26)18-8-6-15(7-9-18)14-24-22(27)25-20(16-4-2-3-5-16)17-10-12-19(23)13-11-17/h6-13,16,20H,2-5,14H2,1H3,(H2,24,25,27). The second-order valence-electron chi connectivity index (χ2n) is 7.09. The Kier molecular flexibility index (Phi) is 6.63. The zero-order chi connectivity index (χ0) is 19.9. The van der Waals surface area contributed by atoms with Gasteiger partial charge < -0.3 is 15.4 Å². The zero-order valence-electron chi connectivity index (χ0n) is 15.9. The molecule has 6 heteroatoms. The Morgan fingerprint density at radius 2 is 1.71 bits per heavy atom. The van der Waals surface area contributed by atoms with E-state index in [4.69, 9.17) is 0 Å². The molecule has 2 aromatic rings. The Morgan fingerprint density at radius 3 is 2.32 bits per heavy atom. The highest BCUT2D eigenvalue weighted by Gasteiger charge is 2.27. The van der Waals surface area contributed by atoms with Crippen LogP contribution in [0.15, 0.2) is 48.5 Å². The summed E-state index contributed by atoms with van der Waals surface area (Å²) in [5.41, 5.74) is 2.26. The Morgan fingerprint density at radius 1 is 1.07 bits per heavy atom. The van der Waals surface area contributed by atoms with Crippen molar-refractivity contribution in [2.45, 2.75) is 38.3 Å². The van der Waals surface area contributed by atoms with E-state index in [9.17, 15) is 14.0 Å². The van der Waals surface area contributed by atoms with Gasteiger partial charge in [0, 0.05) is 6.54 Å². The van der Waals surface area contributed by atoms with Crippen LogP contribution in [-0.2, 0) is 11.3 Å². The lowest BCUT2D eigenvalue weighted by atomic mass is 9.91. The van der Waals surface area contributed by atoms with Gasteiger partial charge in [0.1, 0.15) is 5.82 Å². The molecule has 1 unspecified atom stereocenters. The van der Waals surface area contributed by atoms with Gasteiger partial charge in [-0.25, -0.2) is 14.0 Å². The van der Waals surface area contributed by atoms with E-state index in [0.717, 1.165) is 36.8 Å². The molecule has 28 heavy (non-hydrogen) atoms. The fourth-order valence-electron chi connectivity index (χ4n) is 3.69. The van der Waals surface area contributed by atoms with Crippen LogP contribution in [0.4, 0.5) is 9.18 Å². The fraction of sp³-hybridized carbons (Fsp3) is 0.364. The lowest BCUT2D eigenvalue weighted by Crippen LogP contribution is -2.40. The van der Waals surface area contributed by atoms with Crippen LogP contribution in [0.3, 0.4) is 0 Å². The van der Waals surface area contributed by atoms with Crippen molar-refractivity contribution in [1.82, 2.24) is 10.6 Å². The average molecular weight is 384 g/mol. The quantitative estimate of drug-likeness (QED) is 0.728. The molecule has 0 spiro atoms. The molecule has 0 aliphatic heterocycles. The molecule has 0 heterocycles. The number of hydrogen-bond acceptors (Lipinski definition) is 3. The maximum absolute atomic E-state index is 13.3. The Balaban J connectivity index is 1.60. The van der Waals surface area contributed by atoms with Crippen molar-refractivity contribution >= 4 is 12.0 Å². The SMILES string of the molecule is COC(=O)c1ccc(CNC(=O)NC(c2ccc(F)cc2)C2CCCC2)cc1. The molecule has 3 rings (SSSR count). The second kappa shape index (κ2) is 9.35. The number of halogens is 1. The number of urea groups is 1. The molecule has 0 bridgehead atoms. The van der Waals surface area contributed by atoms with Crippen LogP contribution in [0, 0.1) is 11.7 Å². The number of ether oxygens (including phenoxy) is 1. The Bertz CT molecular complexity index is 800. The zero-order valence-corrected chi connectivity index (χ0v) is 15.9. The van der Waals surface area contributed by atoms with E-state index in [1.54, 1.807) is 36.4 Å². The van der Waals surface area contributed by atoms with Gasteiger partial charge in [-0.1, -0.05) is 37.1 Å². The fourth-order valence-corrected chi connectivity index (χ4v) is 3.69. The van der Waals surface area contributed by atoms with Crippen molar-refractivity contribution in [1.29, 1.82) is 0 Å². The molecule has 0 saturated heterocycles. The number of carbonyl (C=O) groups is 2. The molecule has 2 amide bonds. The Labute approximate surface area is 164 Å². The topological polar surface area (TPSA) is 67.4 Å². The maximum Gasteiger partial charge on any atom is 0.337 e. The number of amides is 2. The highest BCUT2D eigenvalue weighted by molar-refractivity contribution is 5.89. The van der Waals surface area contributed by atoms with Crippen molar-refractivity contribution in [2.24, 2.45) is 5.92 Å². The smallest absolute Gasteiger partial charge is 0.337 e. The predicted octanol–water partition coefficient (Wildman–Crippen LogP) is 4.34. The maximum atomic E-state index is 13.3. The first-order chi connectivity index (χ1) is 13.6. The van der Waals surface area contributed by atoms with E-state index in [1.165, 1.54) is 19.2 Å². The number of benzene rings is 2. The van der Waals surface area contributed by atoms with Gasteiger partial charge in [-0.3, -0.25) is 0 Å². The molecule has 1 saturated carbocycles. The number of hydrogen-bond donors (Lipinski definition) is 2. The van der Waals surface area contributed by atoms with E-state index in [0.29, 0.717) is 18.0 Å². The van der Waals surface area contributed by atoms with Gasteiger partial charge in [-0.2, -0.15) is 0 Å². The van der Waals surface area contributed by atoms with Crippen molar-refractivity contribution in [3.8, 4) is 0 Å². The highest BCUT2D eigenvalue weighted by Crippen LogP contribution is 2.35. The molecule has 1 aliphatic carbocycles. The van der Waals surface area contributed by atoms with Gasteiger partial charge in [0.15, 0.2) is 0 Å². The first kappa shape index (κ1) is 19.9. The largest absolute Gasteiger partial charge is 0.465 e. The second-order valence-corrected chi connectivity index (χ2v) is 7.09. The normalized spacial score (nSPS) is 15.1. The van der Waals surface area contributed by atoms with Crippen molar-refractivity contribution in [3.05, 3.63) is 71.0 Å². The van der Waals surface area contributed by atoms with E-state index in [-0.39, 0.29) is 17.9 Å². The lowest BCUT2D eigenvalue weighted by Gasteiger charge is -2.25. The van der Waals surface area contributed by atoms with Gasteiger partial charge in [-0.05, 0) is 54.2 Å². The summed E-state index contributed by atoms with van der Waals surface area (Å²) in [7, 11) is 1.34. The minimum atomic E-state index is -0.393. The van der Waals surface area contributed by atoms with Crippen molar-refractivity contribution < 1.29 is 18.7 Å². The van der Waals surface area contributed by atoms with Gasteiger partial charge >= 0.3 is 12.0 Å². The lowest BCUT2D eigenvalue weighted by molar-refractivity contribution is 0.0600. The van der Waals surface area contributed by atoms with E-state index < -0.39 is 5.97 Å². The van der Waals surface area contributed by atoms with E-state index in [2.05, 4.69) is 15.4 Å². The number of methoxy groups -OCH3 is 1. The minimum Gasteiger partial charge on any atom is -0.465 e. The third kappa shape index (κ3) is 5.09.